The Morgan fingerprint density at radius 2 is 1.86 bits per heavy atom. The van der Waals surface area contributed by atoms with Crippen LogP contribution in [-0.4, -0.2) is 71.6 Å². The molecule has 9 atom stereocenters. The highest BCUT2D eigenvalue weighted by molar-refractivity contribution is 5.82. The number of carbonyl (C=O) groups is 1. The fourth-order valence-electron chi connectivity index (χ4n) is 5.62. The molecular formula is C30H42O7. The third-order valence-corrected chi connectivity index (χ3v) is 7.53. The number of hydrogen-bond donors (Lipinski definition) is 2. The number of carbonyl (C=O) groups excluding carboxylic acids is 1. The van der Waals surface area contributed by atoms with Gasteiger partial charge in [0.2, 0.25) is 0 Å². The van der Waals surface area contributed by atoms with Gasteiger partial charge in [-0.05, 0) is 51.4 Å². The van der Waals surface area contributed by atoms with Crippen molar-refractivity contribution in [1.29, 1.82) is 0 Å². The lowest BCUT2D eigenvalue weighted by Gasteiger charge is -2.28. The van der Waals surface area contributed by atoms with E-state index in [2.05, 4.69) is 32.6 Å². The summed E-state index contributed by atoms with van der Waals surface area (Å²) in [7, 11) is 0. The number of hydrogen-bond acceptors (Lipinski definition) is 7. The van der Waals surface area contributed by atoms with Gasteiger partial charge in [0.1, 0.15) is 18.3 Å². The smallest absolute Gasteiger partial charge is 0.330 e. The average Bonchev–Trinajstić information content (AvgIpc) is 3.24. The summed E-state index contributed by atoms with van der Waals surface area (Å²) in [5.41, 5.74) is 2.15. The molecule has 0 amide bonds. The molecule has 0 spiro atoms. The van der Waals surface area contributed by atoms with Gasteiger partial charge < -0.3 is 29.2 Å². The molecular weight excluding hydrogens is 472 g/mol. The van der Waals surface area contributed by atoms with Crippen molar-refractivity contribution in [3.8, 4) is 0 Å². The lowest BCUT2D eigenvalue weighted by Crippen LogP contribution is -2.37. The minimum Gasteiger partial charge on any atom is -0.456 e. The predicted molar refractivity (Wildman–Crippen MR) is 141 cm³/mol. The van der Waals surface area contributed by atoms with Gasteiger partial charge >= 0.3 is 5.97 Å². The zero-order valence-corrected chi connectivity index (χ0v) is 22.0. The van der Waals surface area contributed by atoms with E-state index < -0.39 is 36.5 Å². The van der Waals surface area contributed by atoms with Crippen LogP contribution in [0.5, 0.6) is 0 Å². The Bertz CT molecular complexity index is 919. The van der Waals surface area contributed by atoms with Crippen molar-refractivity contribution in [3.63, 3.8) is 0 Å². The number of esters is 1. The lowest BCUT2D eigenvalue weighted by molar-refractivity contribution is -0.144. The molecule has 4 bridgehead atoms. The Balaban J connectivity index is 1.49. The molecule has 1 saturated heterocycles. The summed E-state index contributed by atoms with van der Waals surface area (Å²) in [6.45, 7) is 8.95. The van der Waals surface area contributed by atoms with Crippen LogP contribution in [0.4, 0.5) is 0 Å². The first-order valence-corrected chi connectivity index (χ1v) is 13.6. The summed E-state index contributed by atoms with van der Waals surface area (Å²) in [5.74, 6) is -0.129. The highest BCUT2D eigenvalue weighted by Gasteiger charge is 2.42. The van der Waals surface area contributed by atoms with E-state index in [1.165, 1.54) is 11.6 Å². The second kappa shape index (κ2) is 13.2. The molecule has 4 rings (SSSR count). The summed E-state index contributed by atoms with van der Waals surface area (Å²) < 4.78 is 23.9. The first-order chi connectivity index (χ1) is 17.8. The molecule has 0 saturated carbocycles. The minimum atomic E-state index is -1.12. The van der Waals surface area contributed by atoms with Gasteiger partial charge in [0.15, 0.2) is 0 Å². The van der Waals surface area contributed by atoms with Crippen molar-refractivity contribution in [3.05, 3.63) is 60.3 Å². The van der Waals surface area contributed by atoms with Crippen LogP contribution in [0.15, 0.2) is 60.3 Å². The summed E-state index contributed by atoms with van der Waals surface area (Å²) in [5, 5.41) is 21.7. The first-order valence-electron chi connectivity index (χ1n) is 13.6. The third kappa shape index (κ3) is 8.23. The van der Waals surface area contributed by atoms with E-state index >= 15 is 0 Å². The molecule has 6 unspecified atom stereocenters. The normalized spacial score (nSPS) is 41.1. The van der Waals surface area contributed by atoms with Crippen LogP contribution >= 0.6 is 0 Å². The van der Waals surface area contributed by atoms with Gasteiger partial charge in [0.25, 0.3) is 0 Å². The van der Waals surface area contributed by atoms with E-state index in [-0.39, 0.29) is 31.2 Å². The van der Waals surface area contributed by atoms with Crippen molar-refractivity contribution in [2.45, 2.75) is 108 Å². The maximum Gasteiger partial charge on any atom is 0.330 e. The van der Waals surface area contributed by atoms with Crippen LogP contribution in [0.2, 0.25) is 0 Å². The molecule has 1 fully saturated rings. The summed E-state index contributed by atoms with van der Waals surface area (Å²) in [4.78, 5) is 12.7. The number of rotatable bonds is 2. The molecule has 0 aromatic rings. The standard InChI is InChI=1S/C30H42O7/c1-19-12-13-34-23(15-19)10-11-26-27-18-28(36-26)30(33)25(31)17-21(3)14-20(2)16-24-8-4-6-22(35-24)7-5-9-29(32)37-27/h4-6,9-12,20,22-28,30-31,33H,3,7-8,13-18H2,1-2H3/b9-5-,11-10+/t20?,22?,23-,24?,25+,26?,27?,28?,30+/m1/s1. The second-order valence-corrected chi connectivity index (χ2v) is 11.0. The number of fused-ring (bicyclic) bond motifs is 4. The van der Waals surface area contributed by atoms with Gasteiger partial charge in [-0.1, -0.05) is 61.1 Å². The molecule has 0 aromatic carbocycles. The van der Waals surface area contributed by atoms with Gasteiger partial charge in [-0.25, -0.2) is 4.79 Å². The lowest BCUT2D eigenvalue weighted by atomic mass is 9.90. The van der Waals surface area contributed by atoms with E-state index in [1.807, 2.05) is 18.2 Å². The molecule has 0 aromatic heterocycles. The zero-order valence-electron chi connectivity index (χ0n) is 22.0. The van der Waals surface area contributed by atoms with E-state index in [9.17, 15) is 15.0 Å². The van der Waals surface area contributed by atoms with Crippen LogP contribution in [0, 0.1) is 5.92 Å². The zero-order chi connectivity index (χ0) is 26.4. The van der Waals surface area contributed by atoms with Crippen molar-refractivity contribution in [1.82, 2.24) is 0 Å². The second-order valence-electron chi connectivity index (χ2n) is 11.0. The first kappa shape index (κ1) is 28.0. The maximum absolute atomic E-state index is 12.7. The molecule has 4 aliphatic rings. The topological polar surface area (TPSA) is 94.5 Å². The van der Waals surface area contributed by atoms with Crippen molar-refractivity contribution < 1.29 is 34.0 Å². The highest BCUT2D eigenvalue weighted by atomic mass is 16.6. The Kier molecular flexibility index (Phi) is 9.96. The maximum atomic E-state index is 12.7. The van der Waals surface area contributed by atoms with E-state index in [0.717, 1.165) is 31.3 Å². The highest BCUT2D eigenvalue weighted by Crippen LogP contribution is 2.31. The quantitative estimate of drug-likeness (QED) is 0.423. The van der Waals surface area contributed by atoms with Gasteiger partial charge in [-0.15, -0.1) is 0 Å². The fraction of sp³-hybridized carbons (Fsp3) is 0.633. The number of ether oxygens (including phenoxy) is 4. The van der Waals surface area contributed by atoms with Gasteiger partial charge in [0, 0.05) is 12.5 Å². The van der Waals surface area contributed by atoms with Gasteiger partial charge in [0.05, 0.1) is 37.1 Å². The summed E-state index contributed by atoms with van der Waals surface area (Å²) in [6, 6.07) is 0. The van der Waals surface area contributed by atoms with Gasteiger partial charge in [-0.3, -0.25) is 0 Å². The largest absolute Gasteiger partial charge is 0.456 e. The van der Waals surface area contributed by atoms with Crippen LogP contribution in [0.1, 0.15) is 58.8 Å². The fourth-order valence-corrected chi connectivity index (χ4v) is 5.62. The SMILES string of the molecule is C=C1CC(C)CC2CC=CC(C/C=C\C(=O)OC3CC(OC3/C=C/[C@@H]3CC(C)=CCO3)[C@@H](O)[C@@H](O)C1)O2. The molecule has 7 heteroatoms. The Morgan fingerprint density at radius 3 is 2.68 bits per heavy atom. The van der Waals surface area contributed by atoms with E-state index in [1.54, 1.807) is 6.08 Å². The van der Waals surface area contributed by atoms with Crippen molar-refractivity contribution >= 4 is 5.97 Å². The van der Waals surface area contributed by atoms with Crippen LogP contribution < -0.4 is 0 Å². The molecule has 7 nitrogen and oxygen atoms in total. The molecule has 0 radical (unpaired) electrons. The van der Waals surface area contributed by atoms with Crippen LogP contribution in [0.25, 0.3) is 0 Å². The van der Waals surface area contributed by atoms with Gasteiger partial charge in [-0.2, -0.15) is 0 Å². The van der Waals surface area contributed by atoms with Crippen LogP contribution in [-0.2, 0) is 23.7 Å². The summed E-state index contributed by atoms with van der Waals surface area (Å²) >= 11 is 0. The van der Waals surface area contributed by atoms with Crippen LogP contribution in [0.3, 0.4) is 0 Å². The summed E-state index contributed by atoms with van der Waals surface area (Å²) in [6.07, 6.45) is 13.7. The molecule has 204 valence electrons. The van der Waals surface area contributed by atoms with E-state index in [4.69, 9.17) is 18.9 Å². The number of aliphatic hydroxyl groups excluding tert-OH is 2. The molecule has 4 aliphatic heterocycles. The molecule has 2 N–H and O–H groups in total. The Hall–Kier alpha value is -2.03. The molecule has 37 heavy (non-hydrogen) atoms. The van der Waals surface area contributed by atoms with E-state index in [0.29, 0.717) is 18.9 Å². The predicted octanol–water partition coefficient (Wildman–Crippen LogP) is 4.11. The van der Waals surface area contributed by atoms with Crippen molar-refractivity contribution in [2.24, 2.45) is 5.92 Å². The minimum absolute atomic E-state index is 0.0723. The average molecular weight is 515 g/mol. The molecule has 4 heterocycles. The molecule has 0 aliphatic carbocycles. The Labute approximate surface area is 220 Å². The third-order valence-electron chi connectivity index (χ3n) is 7.53. The monoisotopic (exact) mass is 514 g/mol. The Morgan fingerprint density at radius 1 is 1.03 bits per heavy atom. The van der Waals surface area contributed by atoms with Crippen molar-refractivity contribution in [2.75, 3.05) is 6.61 Å². The number of aliphatic hydroxyl groups is 2.